The van der Waals surface area contributed by atoms with E-state index in [1.165, 1.54) is 4.90 Å². The van der Waals surface area contributed by atoms with Crippen LogP contribution >= 0.6 is 11.6 Å². The SMILES string of the molecule is Cc1ccc(C(=O)NCC2CN(c3cccc(Cl)c3)C(=O)O2)cc1. The van der Waals surface area contributed by atoms with Gasteiger partial charge in [0.15, 0.2) is 0 Å². The van der Waals surface area contributed by atoms with Gasteiger partial charge in [-0.15, -0.1) is 0 Å². The number of halogens is 1. The van der Waals surface area contributed by atoms with Gasteiger partial charge in [0.2, 0.25) is 0 Å². The van der Waals surface area contributed by atoms with Crippen LogP contribution in [0.2, 0.25) is 5.02 Å². The zero-order chi connectivity index (χ0) is 17.1. The number of nitrogens with zero attached hydrogens (tertiary/aromatic N) is 1. The lowest BCUT2D eigenvalue weighted by Gasteiger charge is -2.13. The molecule has 0 saturated carbocycles. The van der Waals surface area contributed by atoms with Crippen LogP contribution < -0.4 is 10.2 Å². The Hall–Kier alpha value is -2.53. The van der Waals surface area contributed by atoms with Crippen LogP contribution in [-0.4, -0.2) is 31.2 Å². The molecule has 5 nitrogen and oxygen atoms in total. The van der Waals surface area contributed by atoms with E-state index in [4.69, 9.17) is 16.3 Å². The van der Waals surface area contributed by atoms with Crippen molar-refractivity contribution in [2.45, 2.75) is 13.0 Å². The summed E-state index contributed by atoms with van der Waals surface area (Å²) in [6.45, 7) is 2.59. The fourth-order valence-corrected chi connectivity index (χ4v) is 2.68. The minimum absolute atomic E-state index is 0.188. The fraction of sp³-hybridized carbons (Fsp3) is 0.222. The minimum atomic E-state index is -0.438. The number of hydrogen-bond donors (Lipinski definition) is 1. The molecule has 1 fully saturated rings. The van der Waals surface area contributed by atoms with Crippen molar-refractivity contribution in [2.24, 2.45) is 0 Å². The van der Waals surface area contributed by atoms with Crippen molar-refractivity contribution in [3.05, 3.63) is 64.7 Å². The number of ether oxygens (including phenoxy) is 1. The molecule has 24 heavy (non-hydrogen) atoms. The molecule has 2 aromatic carbocycles. The standard InChI is InChI=1S/C18H17ClN2O3/c1-12-5-7-13(8-6-12)17(22)20-10-16-11-21(18(23)24-16)15-4-2-3-14(19)9-15/h2-9,16H,10-11H2,1H3,(H,20,22). The highest BCUT2D eigenvalue weighted by Gasteiger charge is 2.32. The average molecular weight is 345 g/mol. The van der Waals surface area contributed by atoms with Gasteiger partial charge in [0.25, 0.3) is 5.91 Å². The van der Waals surface area contributed by atoms with Crippen molar-refractivity contribution in [1.82, 2.24) is 5.32 Å². The van der Waals surface area contributed by atoms with Crippen LogP contribution in [0.4, 0.5) is 10.5 Å². The number of benzene rings is 2. The van der Waals surface area contributed by atoms with E-state index in [2.05, 4.69) is 5.32 Å². The molecule has 3 rings (SSSR count). The first kappa shape index (κ1) is 16.3. The Kier molecular flexibility index (Phi) is 4.71. The first-order valence-electron chi connectivity index (χ1n) is 7.61. The summed E-state index contributed by atoms with van der Waals surface area (Å²) in [6, 6.07) is 14.3. The molecule has 1 aliphatic rings. The number of rotatable bonds is 4. The molecule has 0 spiro atoms. The summed E-state index contributed by atoms with van der Waals surface area (Å²) in [5.74, 6) is -0.188. The monoisotopic (exact) mass is 344 g/mol. The second kappa shape index (κ2) is 6.93. The van der Waals surface area contributed by atoms with Crippen molar-refractivity contribution in [3.63, 3.8) is 0 Å². The highest BCUT2D eigenvalue weighted by molar-refractivity contribution is 6.30. The van der Waals surface area contributed by atoms with E-state index in [-0.39, 0.29) is 12.5 Å². The average Bonchev–Trinajstić information content (AvgIpc) is 2.94. The Bertz CT molecular complexity index is 761. The van der Waals surface area contributed by atoms with E-state index >= 15 is 0 Å². The summed E-state index contributed by atoms with van der Waals surface area (Å²) >= 11 is 5.95. The zero-order valence-electron chi connectivity index (χ0n) is 13.2. The van der Waals surface area contributed by atoms with Gasteiger partial charge in [0.05, 0.1) is 13.1 Å². The third kappa shape index (κ3) is 3.68. The topological polar surface area (TPSA) is 58.6 Å². The maximum atomic E-state index is 12.1. The Balaban J connectivity index is 1.58. The molecule has 1 heterocycles. The van der Waals surface area contributed by atoms with E-state index in [0.29, 0.717) is 22.8 Å². The molecule has 2 amide bonds. The van der Waals surface area contributed by atoms with Crippen molar-refractivity contribution in [1.29, 1.82) is 0 Å². The van der Waals surface area contributed by atoms with E-state index in [1.807, 2.05) is 19.1 Å². The number of carbonyl (C=O) groups excluding carboxylic acids is 2. The van der Waals surface area contributed by atoms with Crippen LogP contribution in [0.1, 0.15) is 15.9 Å². The van der Waals surface area contributed by atoms with Crippen LogP contribution in [0.5, 0.6) is 0 Å². The van der Waals surface area contributed by atoms with Crippen molar-refractivity contribution in [2.75, 3.05) is 18.0 Å². The molecule has 1 unspecified atom stereocenters. The van der Waals surface area contributed by atoms with Gasteiger partial charge in [-0.3, -0.25) is 9.69 Å². The van der Waals surface area contributed by atoms with Crippen molar-refractivity contribution in [3.8, 4) is 0 Å². The molecule has 0 aromatic heterocycles. The van der Waals surface area contributed by atoms with Crippen LogP contribution in [0.25, 0.3) is 0 Å². The molecule has 1 aliphatic heterocycles. The van der Waals surface area contributed by atoms with Crippen molar-refractivity contribution >= 4 is 29.3 Å². The van der Waals surface area contributed by atoms with Gasteiger partial charge in [-0.2, -0.15) is 0 Å². The molecule has 0 aliphatic carbocycles. The van der Waals surface area contributed by atoms with Gasteiger partial charge in [0.1, 0.15) is 6.10 Å². The van der Waals surface area contributed by atoms with Gasteiger partial charge < -0.3 is 10.1 Å². The molecule has 0 bridgehead atoms. The summed E-state index contributed by atoms with van der Waals surface area (Å²) < 4.78 is 5.30. The van der Waals surface area contributed by atoms with Crippen LogP contribution in [0.3, 0.4) is 0 Å². The Morgan fingerprint density at radius 1 is 1.29 bits per heavy atom. The summed E-state index contributed by atoms with van der Waals surface area (Å²) in [7, 11) is 0. The predicted molar refractivity (Wildman–Crippen MR) is 92.6 cm³/mol. The quantitative estimate of drug-likeness (QED) is 0.924. The Morgan fingerprint density at radius 3 is 2.75 bits per heavy atom. The highest BCUT2D eigenvalue weighted by atomic mass is 35.5. The molecule has 0 radical (unpaired) electrons. The first-order chi connectivity index (χ1) is 11.5. The van der Waals surface area contributed by atoms with Gasteiger partial charge in [-0.05, 0) is 37.3 Å². The van der Waals surface area contributed by atoms with Gasteiger partial charge >= 0.3 is 6.09 Å². The zero-order valence-corrected chi connectivity index (χ0v) is 13.9. The number of hydrogen-bond acceptors (Lipinski definition) is 3. The van der Waals surface area contributed by atoms with Crippen molar-refractivity contribution < 1.29 is 14.3 Å². The van der Waals surface area contributed by atoms with E-state index < -0.39 is 12.2 Å². The number of nitrogens with one attached hydrogen (secondary N) is 1. The van der Waals surface area contributed by atoms with E-state index in [9.17, 15) is 9.59 Å². The summed E-state index contributed by atoms with van der Waals surface area (Å²) in [5, 5.41) is 3.35. The Labute approximate surface area is 145 Å². The highest BCUT2D eigenvalue weighted by Crippen LogP contribution is 2.24. The molecule has 1 saturated heterocycles. The third-order valence-corrected chi connectivity index (χ3v) is 4.03. The fourth-order valence-electron chi connectivity index (χ4n) is 2.50. The molecule has 124 valence electrons. The van der Waals surface area contributed by atoms with Crippen LogP contribution in [0, 0.1) is 6.92 Å². The molecule has 1 atom stereocenters. The molecule has 6 heteroatoms. The summed E-state index contributed by atoms with van der Waals surface area (Å²) in [4.78, 5) is 25.6. The molecular weight excluding hydrogens is 328 g/mol. The van der Waals surface area contributed by atoms with Gasteiger partial charge in [0, 0.05) is 16.3 Å². The molecule has 1 N–H and O–H groups in total. The molecular formula is C18H17ClN2O3. The summed E-state index contributed by atoms with van der Waals surface area (Å²) in [6.07, 6.45) is -0.835. The van der Waals surface area contributed by atoms with Gasteiger partial charge in [-0.1, -0.05) is 35.4 Å². The molecule has 2 aromatic rings. The number of anilines is 1. The minimum Gasteiger partial charge on any atom is -0.442 e. The lowest BCUT2D eigenvalue weighted by molar-refractivity contribution is 0.0916. The van der Waals surface area contributed by atoms with E-state index in [1.54, 1.807) is 36.4 Å². The maximum Gasteiger partial charge on any atom is 0.414 e. The van der Waals surface area contributed by atoms with E-state index in [0.717, 1.165) is 5.56 Å². The van der Waals surface area contributed by atoms with Crippen LogP contribution in [0.15, 0.2) is 48.5 Å². The first-order valence-corrected chi connectivity index (χ1v) is 7.99. The largest absolute Gasteiger partial charge is 0.442 e. The number of amides is 2. The lowest BCUT2D eigenvalue weighted by atomic mass is 10.1. The number of cyclic esters (lactones) is 1. The Morgan fingerprint density at radius 2 is 2.04 bits per heavy atom. The second-order valence-electron chi connectivity index (χ2n) is 5.67. The predicted octanol–water partition coefficient (Wildman–Crippen LogP) is 3.40. The van der Waals surface area contributed by atoms with Gasteiger partial charge in [-0.25, -0.2) is 4.79 Å². The maximum absolute atomic E-state index is 12.1. The third-order valence-electron chi connectivity index (χ3n) is 3.80. The number of aryl methyl sites for hydroxylation is 1. The summed E-state index contributed by atoms with van der Waals surface area (Å²) in [5.41, 5.74) is 2.35. The lowest BCUT2D eigenvalue weighted by Crippen LogP contribution is -2.34. The second-order valence-corrected chi connectivity index (χ2v) is 6.11. The number of carbonyl (C=O) groups is 2. The van der Waals surface area contributed by atoms with Crippen LogP contribution in [-0.2, 0) is 4.74 Å². The normalized spacial score (nSPS) is 16.8. The smallest absolute Gasteiger partial charge is 0.414 e.